The number of fused-ring (bicyclic) bond motifs is 3. The van der Waals surface area contributed by atoms with Gasteiger partial charge in [0.2, 0.25) is 5.56 Å². The number of pyridine rings is 1. The SMILES string of the molecule is COc1cccc(-c2cc(=O)[nH]c3c2[nH]c2ccc(C)cc23)c1F. The molecule has 0 aliphatic rings. The first kappa shape index (κ1) is 14.5. The summed E-state index contributed by atoms with van der Waals surface area (Å²) in [5.41, 5.74) is 3.92. The summed E-state index contributed by atoms with van der Waals surface area (Å²) < 4.78 is 19.7. The molecule has 0 radical (unpaired) electrons. The van der Waals surface area contributed by atoms with Crippen molar-refractivity contribution in [2.45, 2.75) is 6.92 Å². The van der Waals surface area contributed by atoms with E-state index >= 15 is 0 Å². The van der Waals surface area contributed by atoms with E-state index in [2.05, 4.69) is 9.97 Å². The summed E-state index contributed by atoms with van der Waals surface area (Å²) in [7, 11) is 1.42. The highest BCUT2D eigenvalue weighted by molar-refractivity contribution is 6.09. The van der Waals surface area contributed by atoms with Crippen LogP contribution in [-0.2, 0) is 0 Å². The van der Waals surface area contributed by atoms with E-state index in [9.17, 15) is 9.18 Å². The minimum atomic E-state index is -0.485. The molecule has 0 saturated heterocycles. The van der Waals surface area contributed by atoms with Crippen molar-refractivity contribution in [3.63, 3.8) is 0 Å². The first-order chi connectivity index (χ1) is 11.6. The van der Waals surface area contributed by atoms with E-state index in [1.165, 1.54) is 13.2 Å². The van der Waals surface area contributed by atoms with Crippen molar-refractivity contribution in [1.82, 2.24) is 9.97 Å². The molecule has 4 aromatic rings. The van der Waals surface area contributed by atoms with Crippen LogP contribution in [0.15, 0.2) is 47.3 Å². The van der Waals surface area contributed by atoms with Crippen LogP contribution in [0.5, 0.6) is 5.75 Å². The molecule has 2 aromatic heterocycles. The lowest BCUT2D eigenvalue weighted by atomic mass is 10.0. The minimum Gasteiger partial charge on any atom is -0.494 e. The highest BCUT2D eigenvalue weighted by Crippen LogP contribution is 2.34. The number of halogens is 1. The van der Waals surface area contributed by atoms with Crippen molar-refractivity contribution >= 4 is 21.9 Å². The van der Waals surface area contributed by atoms with Crippen LogP contribution in [0.25, 0.3) is 33.1 Å². The molecule has 2 N–H and O–H groups in total. The predicted molar refractivity (Wildman–Crippen MR) is 93.1 cm³/mol. The van der Waals surface area contributed by atoms with Gasteiger partial charge >= 0.3 is 0 Å². The van der Waals surface area contributed by atoms with Gasteiger partial charge in [-0.1, -0.05) is 23.8 Å². The number of aromatic nitrogens is 2. The molecule has 0 amide bonds. The fourth-order valence-corrected chi connectivity index (χ4v) is 3.09. The van der Waals surface area contributed by atoms with Crippen molar-refractivity contribution in [2.24, 2.45) is 0 Å². The Morgan fingerprint density at radius 1 is 1.00 bits per heavy atom. The Labute approximate surface area is 136 Å². The lowest BCUT2D eigenvalue weighted by Gasteiger charge is -2.08. The number of ether oxygens (including phenoxy) is 1. The first-order valence-electron chi connectivity index (χ1n) is 7.56. The fraction of sp³-hybridized carbons (Fsp3) is 0.105. The molecule has 0 aliphatic heterocycles. The van der Waals surface area contributed by atoms with Gasteiger partial charge in [-0.15, -0.1) is 0 Å². The molecular weight excluding hydrogens is 307 g/mol. The summed E-state index contributed by atoms with van der Waals surface area (Å²) >= 11 is 0. The molecule has 4 rings (SSSR count). The highest BCUT2D eigenvalue weighted by Gasteiger charge is 2.16. The van der Waals surface area contributed by atoms with Gasteiger partial charge in [0, 0.05) is 28.1 Å². The fourth-order valence-electron chi connectivity index (χ4n) is 3.09. The number of aryl methyl sites for hydroxylation is 1. The molecule has 0 fully saturated rings. The van der Waals surface area contributed by atoms with E-state index in [0.717, 1.165) is 16.5 Å². The number of aromatic amines is 2. The molecule has 5 heteroatoms. The maximum absolute atomic E-state index is 14.7. The van der Waals surface area contributed by atoms with Crippen molar-refractivity contribution in [2.75, 3.05) is 7.11 Å². The lowest BCUT2D eigenvalue weighted by Crippen LogP contribution is -2.05. The molecule has 0 bridgehead atoms. The van der Waals surface area contributed by atoms with E-state index in [1.54, 1.807) is 18.2 Å². The molecule has 120 valence electrons. The van der Waals surface area contributed by atoms with Gasteiger partial charge in [-0.2, -0.15) is 0 Å². The van der Waals surface area contributed by atoms with Gasteiger partial charge in [0.05, 0.1) is 18.1 Å². The number of nitrogens with one attached hydrogen (secondary N) is 2. The van der Waals surface area contributed by atoms with Gasteiger partial charge in [-0.3, -0.25) is 4.79 Å². The third-order valence-electron chi connectivity index (χ3n) is 4.22. The van der Waals surface area contributed by atoms with Crippen LogP contribution in [0.2, 0.25) is 0 Å². The molecule has 0 aliphatic carbocycles. The zero-order valence-electron chi connectivity index (χ0n) is 13.2. The molecule has 24 heavy (non-hydrogen) atoms. The molecule has 4 nitrogen and oxygen atoms in total. The summed E-state index contributed by atoms with van der Waals surface area (Å²) in [4.78, 5) is 18.3. The van der Waals surface area contributed by atoms with Crippen LogP contribution in [0.4, 0.5) is 4.39 Å². The Morgan fingerprint density at radius 3 is 2.62 bits per heavy atom. The van der Waals surface area contributed by atoms with Crippen LogP contribution in [0.3, 0.4) is 0 Å². The zero-order chi connectivity index (χ0) is 16.8. The summed E-state index contributed by atoms with van der Waals surface area (Å²) in [6.07, 6.45) is 0. The lowest BCUT2D eigenvalue weighted by molar-refractivity contribution is 0.387. The van der Waals surface area contributed by atoms with Gasteiger partial charge in [0.1, 0.15) is 0 Å². The van der Waals surface area contributed by atoms with Crippen LogP contribution in [0, 0.1) is 12.7 Å². The normalized spacial score (nSPS) is 11.3. The number of hydrogen-bond acceptors (Lipinski definition) is 2. The van der Waals surface area contributed by atoms with Crippen LogP contribution < -0.4 is 10.3 Å². The van der Waals surface area contributed by atoms with Gasteiger partial charge in [0.25, 0.3) is 0 Å². The second-order valence-corrected chi connectivity index (χ2v) is 5.79. The van der Waals surface area contributed by atoms with Crippen molar-refractivity contribution in [1.29, 1.82) is 0 Å². The summed E-state index contributed by atoms with van der Waals surface area (Å²) in [5.74, 6) is -0.338. The van der Waals surface area contributed by atoms with E-state index in [4.69, 9.17) is 4.74 Å². The number of benzene rings is 2. The second-order valence-electron chi connectivity index (χ2n) is 5.79. The Kier molecular flexibility index (Phi) is 3.16. The van der Waals surface area contributed by atoms with Gasteiger partial charge in [-0.05, 0) is 25.1 Å². The standard InChI is InChI=1S/C19H15FN2O2/c1-10-6-7-14-13(8-10)19-18(21-14)12(9-16(23)22-19)11-4-3-5-15(24-2)17(11)20/h3-9,21H,1-2H3,(H,22,23). The summed E-state index contributed by atoms with van der Waals surface area (Å²) in [5, 5.41) is 0.909. The van der Waals surface area contributed by atoms with Crippen molar-refractivity contribution < 1.29 is 9.13 Å². The van der Waals surface area contributed by atoms with Gasteiger partial charge in [-0.25, -0.2) is 4.39 Å². The molecule has 0 unspecified atom stereocenters. The molecule has 2 aromatic carbocycles. The first-order valence-corrected chi connectivity index (χ1v) is 7.56. The second kappa shape index (κ2) is 5.23. The molecular formula is C19H15FN2O2. The maximum Gasteiger partial charge on any atom is 0.249 e. The topological polar surface area (TPSA) is 57.9 Å². The predicted octanol–water partition coefficient (Wildman–Crippen LogP) is 4.13. The monoisotopic (exact) mass is 322 g/mol. The zero-order valence-corrected chi connectivity index (χ0v) is 13.2. The van der Waals surface area contributed by atoms with E-state index in [0.29, 0.717) is 22.2 Å². The highest BCUT2D eigenvalue weighted by atomic mass is 19.1. The molecule has 2 heterocycles. The number of hydrogen-bond donors (Lipinski definition) is 2. The Balaban J connectivity index is 2.13. The molecule has 0 atom stereocenters. The quantitative estimate of drug-likeness (QED) is 0.583. The molecule has 0 saturated carbocycles. The number of rotatable bonds is 2. The maximum atomic E-state index is 14.7. The largest absolute Gasteiger partial charge is 0.494 e. The summed E-state index contributed by atoms with van der Waals surface area (Å²) in [6, 6.07) is 12.2. The minimum absolute atomic E-state index is 0.146. The average molecular weight is 322 g/mol. The van der Waals surface area contributed by atoms with Crippen molar-refractivity contribution in [3.05, 3.63) is 64.2 Å². The van der Waals surface area contributed by atoms with Crippen molar-refractivity contribution in [3.8, 4) is 16.9 Å². The van der Waals surface area contributed by atoms with Crippen LogP contribution >= 0.6 is 0 Å². The average Bonchev–Trinajstić information content (AvgIpc) is 2.92. The summed E-state index contributed by atoms with van der Waals surface area (Å²) in [6.45, 7) is 1.99. The third-order valence-corrected chi connectivity index (χ3v) is 4.22. The van der Waals surface area contributed by atoms with E-state index < -0.39 is 5.82 Å². The Morgan fingerprint density at radius 2 is 1.83 bits per heavy atom. The Hall–Kier alpha value is -3.08. The van der Waals surface area contributed by atoms with E-state index in [-0.39, 0.29) is 11.3 Å². The van der Waals surface area contributed by atoms with Crippen LogP contribution in [-0.4, -0.2) is 17.1 Å². The number of methoxy groups -OCH3 is 1. The molecule has 0 spiro atoms. The van der Waals surface area contributed by atoms with Gasteiger partial charge in [0.15, 0.2) is 11.6 Å². The third kappa shape index (κ3) is 2.09. The number of H-pyrrole nitrogens is 2. The Bertz CT molecular complexity index is 1140. The van der Waals surface area contributed by atoms with Crippen LogP contribution in [0.1, 0.15) is 5.56 Å². The van der Waals surface area contributed by atoms with E-state index in [1.807, 2.05) is 25.1 Å². The smallest absolute Gasteiger partial charge is 0.249 e. The van der Waals surface area contributed by atoms with Gasteiger partial charge < -0.3 is 14.7 Å².